The summed E-state index contributed by atoms with van der Waals surface area (Å²) in [6, 6.07) is 19.0. The van der Waals surface area contributed by atoms with Crippen molar-refractivity contribution in [3.8, 4) is 0 Å². The van der Waals surface area contributed by atoms with E-state index in [4.69, 9.17) is 9.84 Å². The van der Waals surface area contributed by atoms with E-state index in [-0.39, 0.29) is 13.0 Å². The largest absolute Gasteiger partial charge is 0.481 e. The first-order chi connectivity index (χ1) is 11.6. The Labute approximate surface area is 141 Å². The standard InChI is InChI=1S/C19H21NO4/c21-18(22)12-7-13-20(14-16-8-3-1-4-9-16)19(23)24-15-17-10-5-2-6-11-17/h1-6,8-11H,7,12-15H2,(H,21,22). The third-order valence-corrected chi connectivity index (χ3v) is 3.50. The molecule has 0 atom stereocenters. The Balaban J connectivity index is 1.94. The number of hydrogen-bond donors (Lipinski definition) is 1. The van der Waals surface area contributed by atoms with E-state index < -0.39 is 12.1 Å². The van der Waals surface area contributed by atoms with Crippen molar-refractivity contribution in [1.29, 1.82) is 0 Å². The lowest BCUT2D eigenvalue weighted by Gasteiger charge is -2.22. The van der Waals surface area contributed by atoms with Crippen molar-refractivity contribution < 1.29 is 19.4 Å². The number of carbonyl (C=O) groups is 2. The minimum atomic E-state index is -0.868. The van der Waals surface area contributed by atoms with Gasteiger partial charge in [-0.25, -0.2) is 4.79 Å². The Morgan fingerprint density at radius 2 is 1.50 bits per heavy atom. The maximum absolute atomic E-state index is 12.4. The molecule has 0 radical (unpaired) electrons. The Kier molecular flexibility index (Phi) is 6.83. The van der Waals surface area contributed by atoms with Gasteiger partial charge in [-0.15, -0.1) is 0 Å². The highest BCUT2D eigenvalue weighted by atomic mass is 16.6. The van der Waals surface area contributed by atoms with Crippen molar-refractivity contribution in [2.24, 2.45) is 0 Å². The molecule has 2 aromatic carbocycles. The van der Waals surface area contributed by atoms with Gasteiger partial charge in [0.2, 0.25) is 0 Å². The number of carbonyl (C=O) groups excluding carboxylic acids is 1. The highest BCUT2D eigenvalue weighted by Gasteiger charge is 2.16. The van der Waals surface area contributed by atoms with Gasteiger partial charge in [0.05, 0.1) is 0 Å². The molecule has 0 aliphatic carbocycles. The van der Waals surface area contributed by atoms with Crippen LogP contribution in [-0.4, -0.2) is 28.6 Å². The summed E-state index contributed by atoms with van der Waals surface area (Å²) in [7, 11) is 0. The minimum Gasteiger partial charge on any atom is -0.481 e. The molecule has 0 fully saturated rings. The van der Waals surface area contributed by atoms with Crippen molar-refractivity contribution >= 4 is 12.1 Å². The molecule has 0 aromatic heterocycles. The van der Waals surface area contributed by atoms with Gasteiger partial charge in [-0.1, -0.05) is 60.7 Å². The van der Waals surface area contributed by atoms with Gasteiger partial charge in [-0.3, -0.25) is 4.79 Å². The number of aliphatic carboxylic acids is 1. The first kappa shape index (κ1) is 17.5. The molecule has 5 nitrogen and oxygen atoms in total. The van der Waals surface area contributed by atoms with Crippen LogP contribution in [0.15, 0.2) is 60.7 Å². The van der Waals surface area contributed by atoms with Gasteiger partial charge in [0.15, 0.2) is 0 Å². The Hall–Kier alpha value is -2.82. The summed E-state index contributed by atoms with van der Waals surface area (Å²) >= 11 is 0. The Bertz CT molecular complexity index is 643. The van der Waals surface area contributed by atoms with E-state index >= 15 is 0 Å². The molecule has 0 saturated carbocycles. The molecule has 1 N–H and O–H groups in total. The molecule has 2 aromatic rings. The lowest BCUT2D eigenvalue weighted by Crippen LogP contribution is -2.32. The summed E-state index contributed by atoms with van der Waals surface area (Å²) in [4.78, 5) is 24.6. The number of carboxylic acid groups (broad SMARTS) is 1. The maximum Gasteiger partial charge on any atom is 0.410 e. The van der Waals surface area contributed by atoms with E-state index in [0.717, 1.165) is 11.1 Å². The number of carboxylic acids is 1. The van der Waals surface area contributed by atoms with Crippen LogP contribution >= 0.6 is 0 Å². The van der Waals surface area contributed by atoms with E-state index in [9.17, 15) is 9.59 Å². The smallest absolute Gasteiger partial charge is 0.410 e. The highest BCUT2D eigenvalue weighted by molar-refractivity contribution is 5.68. The van der Waals surface area contributed by atoms with Crippen molar-refractivity contribution in [2.45, 2.75) is 26.0 Å². The molecule has 0 bridgehead atoms. The predicted octanol–water partition coefficient (Wildman–Crippen LogP) is 3.69. The van der Waals surface area contributed by atoms with Crippen LogP contribution in [0.3, 0.4) is 0 Å². The van der Waals surface area contributed by atoms with Gasteiger partial charge in [0.25, 0.3) is 0 Å². The van der Waals surface area contributed by atoms with Crippen LogP contribution in [0.2, 0.25) is 0 Å². The first-order valence-electron chi connectivity index (χ1n) is 7.86. The maximum atomic E-state index is 12.4. The normalized spacial score (nSPS) is 10.2. The second kappa shape index (κ2) is 9.35. The molecule has 0 aliphatic heterocycles. The quantitative estimate of drug-likeness (QED) is 0.803. The van der Waals surface area contributed by atoms with Crippen LogP contribution in [0.25, 0.3) is 0 Å². The molecule has 5 heteroatoms. The fourth-order valence-electron chi connectivity index (χ4n) is 2.27. The highest BCUT2D eigenvalue weighted by Crippen LogP contribution is 2.10. The predicted molar refractivity (Wildman–Crippen MR) is 90.3 cm³/mol. The average Bonchev–Trinajstić information content (AvgIpc) is 2.60. The van der Waals surface area contributed by atoms with Crippen LogP contribution in [0, 0.1) is 0 Å². The Morgan fingerprint density at radius 3 is 2.08 bits per heavy atom. The lowest BCUT2D eigenvalue weighted by atomic mass is 10.2. The summed E-state index contributed by atoms with van der Waals surface area (Å²) < 4.78 is 5.36. The molecular weight excluding hydrogens is 306 g/mol. The zero-order valence-electron chi connectivity index (χ0n) is 13.4. The first-order valence-corrected chi connectivity index (χ1v) is 7.86. The number of nitrogens with zero attached hydrogens (tertiary/aromatic N) is 1. The van der Waals surface area contributed by atoms with Crippen LogP contribution in [-0.2, 0) is 22.7 Å². The van der Waals surface area contributed by atoms with Crippen LogP contribution in [0.1, 0.15) is 24.0 Å². The van der Waals surface area contributed by atoms with Gasteiger partial charge in [0.1, 0.15) is 6.61 Å². The molecule has 0 spiro atoms. The third kappa shape index (κ3) is 6.12. The number of benzene rings is 2. The molecule has 24 heavy (non-hydrogen) atoms. The van der Waals surface area contributed by atoms with Gasteiger partial charge in [-0.2, -0.15) is 0 Å². The Morgan fingerprint density at radius 1 is 0.917 bits per heavy atom. The lowest BCUT2D eigenvalue weighted by molar-refractivity contribution is -0.137. The molecule has 126 valence electrons. The average molecular weight is 327 g/mol. The van der Waals surface area contributed by atoms with Crippen molar-refractivity contribution in [1.82, 2.24) is 4.90 Å². The van der Waals surface area contributed by atoms with Crippen molar-refractivity contribution in [3.05, 3.63) is 71.8 Å². The van der Waals surface area contributed by atoms with E-state index in [1.807, 2.05) is 60.7 Å². The van der Waals surface area contributed by atoms with E-state index in [1.54, 1.807) is 4.90 Å². The molecule has 0 heterocycles. The van der Waals surface area contributed by atoms with Gasteiger partial charge in [0, 0.05) is 19.5 Å². The van der Waals surface area contributed by atoms with E-state index in [1.165, 1.54) is 0 Å². The van der Waals surface area contributed by atoms with Crippen molar-refractivity contribution in [3.63, 3.8) is 0 Å². The number of hydrogen-bond acceptors (Lipinski definition) is 3. The molecule has 0 aliphatic rings. The van der Waals surface area contributed by atoms with Gasteiger partial charge < -0.3 is 14.7 Å². The summed E-state index contributed by atoms with van der Waals surface area (Å²) in [5, 5.41) is 8.77. The molecule has 2 rings (SSSR count). The second-order valence-electron chi connectivity index (χ2n) is 5.44. The summed E-state index contributed by atoms with van der Waals surface area (Å²) in [5.41, 5.74) is 1.89. The molecular formula is C19H21NO4. The third-order valence-electron chi connectivity index (χ3n) is 3.50. The monoisotopic (exact) mass is 327 g/mol. The molecule has 0 saturated heterocycles. The minimum absolute atomic E-state index is 0.0251. The topological polar surface area (TPSA) is 66.8 Å². The second-order valence-corrected chi connectivity index (χ2v) is 5.44. The van der Waals surface area contributed by atoms with Crippen LogP contribution < -0.4 is 0 Å². The number of rotatable bonds is 8. The van der Waals surface area contributed by atoms with E-state index in [0.29, 0.717) is 19.5 Å². The zero-order chi connectivity index (χ0) is 17.2. The van der Waals surface area contributed by atoms with E-state index in [2.05, 4.69) is 0 Å². The van der Waals surface area contributed by atoms with Crippen LogP contribution in [0.4, 0.5) is 4.79 Å². The number of amides is 1. The number of ether oxygens (including phenoxy) is 1. The van der Waals surface area contributed by atoms with Gasteiger partial charge >= 0.3 is 12.1 Å². The zero-order valence-corrected chi connectivity index (χ0v) is 13.4. The summed E-state index contributed by atoms with van der Waals surface area (Å²) in [6.07, 6.45) is -0.0204. The SMILES string of the molecule is O=C(O)CCCN(Cc1ccccc1)C(=O)OCc1ccccc1. The summed E-state index contributed by atoms with van der Waals surface area (Å²) in [6.45, 7) is 0.937. The van der Waals surface area contributed by atoms with Gasteiger partial charge in [-0.05, 0) is 17.5 Å². The van der Waals surface area contributed by atoms with Crippen LogP contribution in [0.5, 0.6) is 0 Å². The fourth-order valence-corrected chi connectivity index (χ4v) is 2.27. The summed E-state index contributed by atoms with van der Waals surface area (Å²) in [5.74, 6) is -0.868. The molecule has 1 amide bonds. The van der Waals surface area contributed by atoms with Crippen molar-refractivity contribution in [2.75, 3.05) is 6.54 Å². The molecule has 0 unspecified atom stereocenters. The fraction of sp³-hybridized carbons (Fsp3) is 0.263.